The monoisotopic (exact) mass is 290 g/mol. The van der Waals surface area contributed by atoms with E-state index in [1.807, 2.05) is 0 Å². The molecule has 0 amide bonds. The molecule has 5 nitrogen and oxygen atoms in total. The van der Waals surface area contributed by atoms with Crippen molar-refractivity contribution in [1.82, 2.24) is 4.31 Å². The Morgan fingerprint density at radius 1 is 1.44 bits per heavy atom. The van der Waals surface area contributed by atoms with Crippen LogP contribution in [0.1, 0.15) is 12.8 Å². The van der Waals surface area contributed by atoms with Crippen molar-refractivity contribution in [2.24, 2.45) is 0 Å². The first kappa shape index (κ1) is 13.6. The summed E-state index contributed by atoms with van der Waals surface area (Å²) in [4.78, 5) is -0.00160. The normalized spacial score (nSPS) is 22.0. The van der Waals surface area contributed by atoms with E-state index in [0.29, 0.717) is 25.1 Å². The van der Waals surface area contributed by atoms with E-state index in [1.54, 1.807) is 6.07 Å². The molecule has 0 radical (unpaired) electrons. The molecule has 2 rings (SSSR count). The molecule has 1 heterocycles. The highest BCUT2D eigenvalue weighted by Gasteiger charge is 2.30. The first-order valence-electron chi connectivity index (χ1n) is 5.64. The fraction of sp³-hybridized carbons (Fsp3) is 0.455. The van der Waals surface area contributed by atoms with Gasteiger partial charge in [0.1, 0.15) is 4.90 Å². The Hall–Kier alpha value is -0.820. The lowest BCUT2D eigenvalue weighted by molar-refractivity contribution is 0.108. The summed E-state index contributed by atoms with van der Waals surface area (Å²) in [6.45, 7) is 0.498. The molecule has 0 spiro atoms. The average molecular weight is 291 g/mol. The Bertz CT molecular complexity index is 547. The Morgan fingerprint density at radius 2 is 2.17 bits per heavy atom. The summed E-state index contributed by atoms with van der Waals surface area (Å²) >= 11 is 5.91. The maximum absolute atomic E-state index is 12.4. The third-order valence-electron chi connectivity index (χ3n) is 2.93. The number of hydrogen-bond donors (Lipinski definition) is 2. The number of nitrogen functional groups attached to an aromatic ring is 1. The number of rotatable bonds is 2. The first-order chi connectivity index (χ1) is 8.41. The van der Waals surface area contributed by atoms with Crippen molar-refractivity contribution in [1.29, 1.82) is 0 Å². The number of β-amino-alcohol motifs (C(OH)–C–C–N with tert-alkyl or cyclic N) is 1. The number of nitrogens with zero attached hydrogens (tertiary/aromatic N) is 1. The van der Waals surface area contributed by atoms with Gasteiger partial charge in [-0.25, -0.2) is 8.42 Å². The van der Waals surface area contributed by atoms with E-state index in [2.05, 4.69) is 0 Å². The number of benzene rings is 1. The second-order valence-electron chi connectivity index (χ2n) is 4.35. The molecule has 0 unspecified atom stereocenters. The second kappa shape index (κ2) is 5.05. The Labute approximate surface area is 111 Å². The maximum atomic E-state index is 12.4. The third kappa shape index (κ3) is 2.61. The van der Waals surface area contributed by atoms with Crippen LogP contribution in [-0.2, 0) is 10.0 Å². The fourth-order valence-electron chi connectivity index (χ4n) is 2.00. The van der Waals surface area contributed by atoms with Crippen molar-refractivity contribution in [2.75, 3.05) is 18.8 Å². The molecule has 18 heavy (non-hydrogen) atoms. The minimum atomic E-state index is -3.69. The van der Waals surface area contributed by atoms with Gasteiger partial charge in [-0.3, -0.25) is 0 Å². The molecule has 1 aliphatic heterocycles. The van der Waals surface area contributed by atoms with E-state index in [9.17, 15) is 13.5 Å². The van der Waals surface area contributed by atoms with Gasteiger partial charge in [0.15, 0.2) is 0 Å². The van der Waals surface area contributed by atoms with Crippen LogP contribution < -0.4 is 5.73 Å². The fourth-order valence-corrected chi connectivity index (χ4v) is 4.02. The van der Waals surface area contributed by atoms with Gasteiger partial charge in [-0.05, 0) is 31.0 Å². The highest BCUT2D eigenvalue weighted by atomic mass is 35.5. The molecular formula is C11H15ClN2O3S. The summed E-state index contributed by atoms with van der Waals surface area (Å²) in [6, 6.07) is 4.36. The van der Waals surface area contributed by atoms with Crippen LogP contribution in [0.3, 0.4) is 0 Å². The molecule has 0 saturated carbocycles. The van der Waals surface area contributed by atoms with Gasteiger partial charge in [-0.15, -0.1) is 0 Å². The van der Waals surface area contributed by atoms with Crippen molar-refractivity contribution < 1.29 is 13.5 Å². The summed E-state index contributed by atoms with van der Waals surface area (Å²) in [5.74, 6) is 0. The molecule has 1 fully saturated rings. The van der Waals surface area contributed by atoms with Crippen LogP contribution in [0, 0.1) is 0 Å². The summed E-state index contributed by atoms with van der Waals surface area (Å²) in [5, 5.41) is 9.69. The molecule has 1 aromatic rings. The van der Waals surface area contributed by atoms with E-state index < -0.39 is 16.1 Å². The number of hydrogen-bond acceptors (Lipinski definition) is 4. The van der Waals surface area contributed by atoms with Crippen molar-refractivity contribution in [2.45, 2.75) is 23.8 Å². The minimum absolute atomic E-state index is 0.00160. The van der Waals surface area contributed by atoms with Gasteiger partial charge in [0.2, 0.25) is 10.0 Å². The van der Waals surface area contributed by atoms with Crippen LogP contribution >= 0.6 is 11.6 Å². The average Bonchev–Trinajstić information content (AvgIpc) is 2.32. The highest BCUT2D eigenvalue weighted by molar-refractivity contribution is 7.89. The molecule has 1 aromatic carbocycles. The Balaban J connectivity index is 2.38. The molecule has 1 atom stereocenters. The number of aliphatic hydroxyl groups is 1. The summed E-state index contributed by atoms with van der Waals surface area (Å²) in [5.41, 5.74) is 5.93. The standard InChI is InChI=1S/C11H15ClN2O3S/c12-10-4-3-8(13)6-11(10)18(16,17)14-5-1-2-9(15)7-14/h3-4,6,9,15H,1-2,5,7,13H2/t9-/m0/s1. The number of halogens is 1. The quantitative estimate of drug-likeness (QED) is 0.798. The van der Waals surface area contributed by atoms with E-state index in [-0.39, 0.29) is 16.5 Å². The van der Waals surface area contributed by atoms with Crippen LogP contribution in [0.25, 0.3) is 0 Å². The van der Waals surface area contributed by atoms with Gasteiger partial charge in [0.25, 0.3) is 0 Å². The number of sulfonamides is 1. The summed E-state index contributed by atoms with van der Waals surface area (Å²) < 4.78 is 26.0. The zero-order chi connectivity index (χ0) is 13.3. The molecule has 100 valence electrons. The summed E-state index contributed by atoms with van der Waals surface area (Å²) in [6.07, 6.45) is 0.644. The van der Waals surface area contributed by atoms with Crippen molar-refractivity contribution in [3.05, 3.63) is 23.2 Å². The predicted octanol–water partition coefficient (Wildman–Crippen LogP) is 1.07. The molecule has 0 aliphatic carbocycles. The molecule has 1 saturated heterocycles. The molecule has 7 heteroatoms. The maximum Gasteiger partial charge on any atom is 0.244 e. The van der Waals surface area contributed by atoms with E-state index >= 15 is 0 Å². The number of nitrogens with two attached hydrogens (primary N) is 1. The molecule has 1 aliphatic rings. The van der Waals surface area contributed by atoms with Crippen LogP contribution in [0.5, 0.6) is 0 Å². The van der Waals surface area contributed by atoms with Gasteiger partial charge in [-0.1, -0.05) is 11.6 Å². The summed E-state index contributed by atoms with van der Waals surface area (Å²) in [7, 11) is -3.69. The highest BCUT2D eigenvalue weighted by Crippen LogP contribution is 2.28. The van der Waals surface area contributed by atoms with Gasteiger partial charge in [-0.2, -0.15) is 4.31 Å². The van der Waals surface area contributed by atoms with Crippen molar-refractivity contribution in [3.8, 4) is 0 Å². The lowest BCUT2D eigenvalue weighted by Crippen LogP contribution is -2.42. The van der Waals surface area contributed by atoms with Crippen molar-refractivity contribution >= 4 is 27.3 Å². The zero-order valence-corrected chi connectivity index (χ0v) is 11.3. The first-order valence-corrected chi connectivity index (χ1v) is 7.46. The Kier molecular flexibility index (Phi) is 3.82. The lowest BCUT2D eigenvalue weighted by atomic mass is 10.1. The van der Waals surface area contributed by atoms with Gasteiger partial charge >= 0.3 is 0 Å². The largest absolute Gasteiger partial charge is 0.399 e. The molecule has 3 N–H and O–H groups in total. The van der Waals surface area contributed by atoms with Gasteiger partial charge < -0.3 is 10.8 Å². The molecular weight excluding hydrogens is 276 g/mol. The van der Waals surface area contributed by atoms with Gasteiger partial charge in [0, 0.05) is 18.8 Å². The SMILES string of the molecule is Nc1ccc(Cl)c(S(=O)(=O)N2CCC[C@H](O)C2)c1. The second-order valence-corrected chi connectivity index (χ2v) is 6.66. The topological polar surface area (TPSA) is 83.6 Å². The minimum Gasteiger partial charge on any atom is -0.399 e. The number of piperidine rings is 1. The molecule has 0 bridgehead atoms. The van der Waals surface area contributed by atoms with Crippen LogP contribution in [0.15, 0.2) is 23.1 Å². The van der Waals surface area contributed by atoms with Crippen LogP contribution in [-0.4, -0.2) is 37.0 Å². The lowest BCUT2D eigenvalue weighted by Gasteiger charge is -2.29. The Morgan fingerprint density at radius 3 is 2.83 bits per heavy atom. The predicted molar refractivity (Wildman–Crippen MR) is 69.9 cm³/mol. The van der Waals surface area contributed by atoms with E-state index in [4.69, 9.17) is 17.3 Å². The van der Waals surface area contributed by atoms with Gasteiger partial charge in [0.05, 0.1) is 11.1 Å². The van der Waals surface area contributed by atoms with E-state index in [1.165, 1.54) is 16.4 Å². The number of anilines is 1. The number of aliphatic hydroxyl groups excluding tert-OH is 1. The third-order valence-corrected chi connectivity index (χ3v) is 5.28. The smallest absolute Gasteiger partial charge is 0.244 e. The van der Waals surface area contributed by atoms with Crippen LogP contribution in [0.2, 0.25) is 5.02 Å². The van der Waals surface area contributed by atoms with Crippen molar-refractivity contribution in [3.63, 3.8) is 0 Å². The zero-order valence-electron chi connectivity index (χ0n) is 9.71. The molecule has 0 aromatic heterocycles. The van der Waals surface area contributed by atoms with E-state index in [0.717, 1.165) is 0 Å². The van der Waals surface area contributed by atoms with Crippen LogP contribution in [0.4, 0.5) is 5.69 Å².